The second-order valence-electron chi connectivity index (χ2n) is 4.85. The maximum atomic E-state index is 11.8. The Morgan fingerprint density at radius 2 is 2.22 bits per heavy atom. The molecule has 0 fully saturated rings. The molecule has 0 aliphatic carbocycles. The lowest BCUT2D eigenvalue weighted by Crippen LogP contribution is -2.40. The minimum absolute atomic E-state index is 0.0218. The number of nitrogens with one attached hydrogen (secondary N) is 1. The third kappa shape index (κ3) is 7.22. The molecule has 7 heteroatoms. The van der Waals surface area contributed by atoms with Gasteiger partial charge in [0.1, 0.15) is 29.6 Å². The van der Waals surface area contributed by atoms with E-state index in [1.54, 1.807) is 31.2 Å². The molecule has 23 heavy (non-hydrogen) atoms. The Balaban J connectivity index is 2.31. The molecule has 0 radical (unpaired) electrons. The first-order valence-corrected chi connectivity index (χ1v) is 7.96. The van der Waals surface area contributed by atoms with Crippen LogP contribution in [-0.2, 0) is 9.53 Å². The maximum absolute atomic E-state index is 11.8. The van der Waals surface area contributed by atoms with E-state index in [4.69, 9.17) is 32.7 Å². The van der Waals surface area contributed by atoms with E-state index in [-0.39, 0.29) is 24.1 Å². The first-order chi connectivity index (χ1) is 11.0. The van der Waals surface area contributed by atoms with E-state index in [1.165, 1.54) is 0 Å². The second kappa shape index (κ2) is 10.5. The predicted molar refractivity (Wildman–Crippen MR) is 91.2 cm³/mol. The highest BCUT2D eigenvalue weighted by Gasteiger charge is 2.15. The number of carbonyl (C=O) groups is 1. The normalized spacial score (nSPS) is 13.2. The lowest BCUT2D eigenvalue weighted by Gasteiger charge is -2.16. The summed E-state index contributed by atoms with van der Waals surface area (Å²) in [6, 6.07) is 4.98. The molecule has 0 aliphatic heterocycles. The maximum Gasteiger partial charge on any atom is 0.248 e. The Morgan fingerprint density at radius 3 is 2.91 bits per heavy atom. The molecule has 2 N–H and O–H groups in total. The van der Waals surface area contributed by atoms with Gasteiger partial charge in [0.05, 0.1) is 11.6 Å². The van der Waals surface area contributed by atoms with Gasteiger partial charge in [-0.15, -0.1) is 6.58 Å². The van der Waals surface area contributed by atoms with Crippen molar-refractivity contribution < 1.29 is 19.4 Å². The fraction of sp³-hybridized carbons (Fsp3) is 0.438. The van der Waals surface area contributed by atoms with Gasteiger partial charge in [-0.3, -0.25) is 4.79 Å². The molecule has 0 spiro atoms. The highest BCUT2D eigenvalue weighted by molar-refractivity contribution is 6.42. The van der Waals surface area contributed by atoms with Crippen LogP contribution < -0.4 is 10.1 Å². The zero-order valence-corrected chi connectivity index (χ0v) is 14.4. The molecule has 1 aromatic carbocycles. The summed E-state index contributed by atoms with van der Waals surface area (Å²) >= 11 is 11.8. The molecule has 2 atom stereocenters. The minimum atomic E-state index is -0.880. The van der Waals surface area contributed by atoms with Gasteiger partial charge in [-0.2, -0.15) is 0 Å². The number of hydrogen-bond acceptors (Lipinski definition) is 4. The largest absolute Gasteiger partial charge is 0.489 e. The Kier molecular flexibility index (Phi) is 9.02. The Hall–Kier alpha value is -1.27. The van der Waals surface area contributed by atoms with Crippen LogP contribution in [0.5, 0.6) is 5.75 Å². The van der Waals surface area contributed by atoms with Crippen LogP contribution in [0.25, 0.3) is 0 Å². The summed E-state index contributed by atoms with van der Waals surface area (Å²) in [5, 5.41) is 13.1. The number of halogens is 2. The number of hydrogen-bond donors (Lipinski definition) is 2. The van der Waals surface area contributed by atoms with E-state index in [2.05, 4.69) is 11.9 Å². The summed E-state index contributed by atoms with van der Waals surface area (Å²) < 4.78 is 10.7. The molecule has 0 aliphatic rings. The molecule has 0 saturated heterocycles. The topological polar surface area (TPSA) is 67.8 Å². The number of carbonyl (C=O) groups excluding carboxylic acids is 1. The number of benzene rings is 1. The summed E-state index contributed by atoms with van der Waals surface area (Å²) in [7, 11) is 0. The highest BCUT2D eigenvalue weighted by Crippen LogP contribution is 2.31. The van der Waals surface area contributed by atoms with Gasteiger partial charge in [-0.25, -0.2) is 0 Å². The van der Waals surface area contributed by atoms with Crippen molar-refractivity contribution in [1.29, 1.82) is 0 Å². The van der Waals surface area contributed by atoms with Crippen molar-refractivity contribution >= 4 is 29.1 Å². The lowest BCUT2D eigenvalue weighted by atomic mass is 10.3. The molecule has 5 nitrogen and oxygen atoms in total. The predicted octanol–water partition coefficient (Wildman–Crippen LogP) is 2.83. The molecule has 0 bridgehead atoms. The summed E-state index contributed by atoms with van der Waals surface area (Å²) in [4.78, 5) is 11.8. The Bertz CT molecular complexity index is 525. The zero-order chi connectivity index (χ0) is 17.2. The van der Waals surface area contributed by atoms with E-state index in [0.717, 1.165) is 0 Å². The number of ether oxygens (including phenoxy) is 2. The smallest absolute Gasteiger partial charge is 0.248 e. The van der Waals surface area contributed by atoms with Crippen molar-refractivity contribution in [1.82, 2.24) is 5.32 Å². The summed E-state index contributed by atoms with van der Waals surface area (Å²) in [5.41, 5.74) is 0. The zero-order valence-electron chi connectivity index (χ0n) is 12.9. The van der Waals surface area contributed by atoms with Gasteiger partial charge in [0.15, 0.2) is 0 Å². The van der Waals surface area contributed by atoms with Gasteiger partial charge in [0, 0.05) is 6.54 Å². The average molecular weight is 362 g/mol. The molecule has 0 heterocycles. The van der Waals surface area contributed by atoms with Crippen molar-refractivity contribution in [3.05, 3.63) is 40.9 Å². The SMILES string of the molecule is C=CCCOC(C)C(=O)NCC(O)COc1cccc(Cl)c1Cl. The van der Waals surface area contributed by atoms with Crippen molar-refractivity contribution in [3.8, 4) is 5.75 Å². The standard InChI is InChI=1S/C16H21Cl2NO4/c1-3-4-8-22-11(2)16(21)19-9-12(20)10-23-14-7-5-6-13(17)15(14)18/h3,5-7,11-12,20H,1,4,8-10H2,2H3,(H,19,21). The Morgan fingerprint density at radius 1 is 1.48 bits per heavy atom. The van der Waals surface area contributed by atoms with E-state index in [9.17, 15) is 9.90 Å². The van der Waals surface area contributed by atoms with Gasteiger partial charge < -0.3 is 19.9 Å². The number of rotatable bonds is 10. The first kappa shape index (κ1) is 19.8. The van der Waals surface area contributed by atoms with Gasteiger partial charge in [0.25, 0.3) is 0 Å². The fourth-order valence-corrected chi connectivity index (χ4v) is 1.95. The number of aliphatic hydroxyl groups is 1. The van der Waals surface area contributed by atoms with E-state index in [1.807, 2.05) is 0 Å². The van der Waals surface area contributed by atoms with Crippen molar-refractivity contribution in [2.24, 2.45) is 0 Å². The van der Waals surface area contributed by atoms with Crippen LogP contribution in [0.15, 0.2) is 30.9 Å². The highest BCUT2D eigenvalue weighted by atomic mass is 35.5. The Labute approximate surface area is 146 Å². The molecule has 1 aromatic rings. The molecule has 2 unspecified atom stereocenters. The average Bonchev–Trinajstić information content (AvgIpc) is 2.54. The van der Waals surface area contributed by atoms with Crippen LogP contribution >= 0.6 is 23.2 Å². The first-order valence-electron chi connectivity index (χ1n) is 7.20. The third-order valence-corrected chi connectivity index (χ3v) is 3.72. The fourth-order valence-electron chi connectivity index (χ4n) is 1.61. The minimum Gasteiger partial charge on any atom is -0.489 e. The van der Waals surface area contributed by atoms with E-state index in [0.29, 0.717) is 23.8 Å². The van der Waals surface area contributed by atoms with Gasteiger partial charge in [-0.1, -0.05) is 35.3 Å². The molecule has 1 amide bonds. The third-order valence-electron chi connectivity index (χ3n) is 2.92. The van der Waals surface area contributed by atoms with Crippen molar-refractivity contribution in [2.45, 2.75) is 25.6 Å². The number of amides is 1. The molecule has 0 saturated carbocycles. The summed E-state index contributed by atoms with van der Waals surface area (Å²) in [6.07, 6.45) is 0.918. The molecular formula is C16H21Cl2NO4. The van der Waals surface area contributed by atoms with Crippen LogP contribution in [0.3, 0.4) is 0 Å². The molecular weight excluding hydrogens is 341 g/mol. The van der Waals surface area contributed by atoms with Crippen molar-refractivity contribution in [2.75, 3.05) is 19.8 Å². The van der Waals surface area contributed by atoms with Crippen LogP contribution in [0, 0.1) is 0 Å². The monoisotopic (exact) mass is 361 g/mol. The number of aliphatic hydroxyl groups excluding tert-OH is 1. The van der Waals surface area contributed by atoms with Crippen LogP contribution in [0.1, 0.15) is 13.3 Å². The van der Waals surface area contributed by atoms with E-state index < -0.39 is 12.2 Å². The van der Waals surface area contributed by atoms with E-state index >= 15 is 0 Å². The molecule has 0 aromatic heterocycles. The van der Waals surface area contributed by atoms with Crippen LogP contribution in [0.2, 0.25) is 10.0 Å². The van der Waals surface area contributed by atoms with Crippen molar-refractivity contribution in [3.63, 3.8) is 0 Å². The lowest BCUT2D eigenvalue weighted by molar-refractivity contribution is -0.132. The van der Waals surface area contributed by atoms with Gasteiger partial charge in [-0.05, 0) is 25.5 Å². The van der Waals surface area contributed by atoms with Crippen LogP contribution in [-0.4, -0.2) is 43.0 Å². The van der Waals surface area contributed by atoms with Gasteiger partial charge >= 0.3 is 0 Å². The molecule has 128 valence electrons. The molecule has 1 rings (SSSR count). The summed E-state index contributed by atoms with van der Waals surface area (Å²) in [5.74, 6) is 0.0829. The summed E-state index contributed by atoms with van der Waals surface area (Å²) in [6.45, 7) is 5.67. The second-order valence-corrected chi connectivity index (χ2v) is 5.64. The van der Waals surface area contributed by atoms with Crippen LogP contribution in [0.4, 0.5) is 0 Å². The quantitative estimate of drug-likeness (QED) is 0.496. The van der Waals surface area contributed by atoms with Gasteiger partial charge in [0.2, 0.25) is 5.91 Å².